The van der Waals surface area contributed by atoms with Gasteiger partial charge in [0.05, 0.1) is 7.11 Å². The third-order valence-electron chi connectivity index (χ3n) is 5.12. The number of ether oxygens (including phenoxy) is 1. The molecule has 2 fully saturated rings. The van der Waals surface area contributed by atoms with Crippen LogP contribution >= 0.6 is 0 Å². The van der Waals surface area contributed by atoms with Crippen LogP contribution in [-0.4, -0.2) is 80.1 Å². The topological polar surface area (TPSA) is 36.0 Å². The summed E-state index contributed by atoms with van der Waals surface area (Å²) in [5.74, 6) is 0.854. The van der Waals surface area contributed by atoms with Gasteiger partial charge in [-0.2, -0.15) is 0 Å². The van der Waals surface area contributed by atoms with Gasteiger partial charge in [-0.25, -0.2) is 0 Å². The van der Waals surface area contributed by atoms with Gasteiger partial charge in [0.15, 0.2) is 0 Å². The first-order valence-electron chi connectivity index (χ1n) is 8.53. The third kappa shape index (κ3) is 3.85. The maximum Gasteiger partial charge on any atom is 0.254 e. The fourth-order valence-corrected chi connectivity index (χ4v) is 3.59. The minimum atomic E-state index is 0.118. The summed E-state index contributed by atoms with van der Waals surface area (Å²) in [4.78, 5) is 19.6. The van der Waals surface area contributed by atoms with Crippen LogP contribution in [0.5, 0.6) is 5.75 Å². The van der Waals surface area contributed by atoms with Crippen molar-refractivity contribution in [3.05, 3.63) is 29.8 Å². The number of carbonyl (C=O) groups excluding carboxylic acids is 1. The highest BCUT2D eigenvalue weighted by Crippen LogP contribution is 2.19. The average Bonchev–Trinajstić information content (AvgIpc) is 2.62. The van der Waals surface area contributed by atoms with Crippen LogP contribution in [0.4, 0.5) is 0 Å². The molecule has 0 aliphatic carbocycles. The van der Waals surface area contributed by atoms with Gasteiger partial charge in [0.25, 0.3) is 5.91 Å². The van der Waals surface area contributed by atoms with Gasteiger partial charge in [0.1, 0.15) is 5.75 Å². The number of hydrogen-bond donors (Lipinski definition) is 0. The average molecular weight is 317 g/mol. The lowest BCUT2D eigenvalue weighted by atomic mass is 10.0. The van der Waals surface area contributed by atoms with E-state index in [2.05, 4.69) is 16.8 Å². The molecule has 1 amide bonds. The van der Waals surface area contributed by atoms with Crippen molar-refractivity contribution in [2.24, 2.45) is 0 Å². The molecule has 0 aromatic heterocycles. The third-order valence-corrected chi connectivity index (χ3v) is 5.12. The molecule has 0 spiro atoms. The molecular formula is C18H27N3O2. The highest BCUT2D eigenvalue weighted by Gasteiger charge is 2.28. The van der Waals surface area contributed by atoms with E-state index in [1.54, 1.807) is 7.11 Å². The normalized spacial score (nSPS) is 21.4. The predicted molar refractivity (Wildman–Crippen MR) is 91.0 cm³/mol. The van der Waals surface area contributed by atoms with E-state index < -0.39 is 0 Å². The largest absolute Gasteiger partial charge is 0.497 e. The van der Waals surface area contributed by atoms with E-state index in [9.17, 15) is 4.79 Å². The number of piperazine rings is 1. The van der Waals surface area contributed by atoms with E-state index in [1.165, 1.54) is 25.9 Å². The Morgan fingerprint density at radius 3 is 2.43 bits per heavy atom. The summed E-state index contributed by atoms with van der Waals surface area (Å²) >= 11 is 0. The first kappa shape index (κ1) is 16.3. The minimum Gasteiger partial charge on any atom is -0.497 e. The molecule has 5 heteroatoms. The number of amides is 1. The van der Waals surface area contributed by atoms with Crippen LogP contribution in [0.3, 0.4) is 0 Å². The Balaban J connectivity index is 1.55. The number of hydrogen-bond acceptors (Lipinski definition) is 4. The molecule has 2 aliphatic heterocycles. The highest BCUT2D eigenvalue weighted by molar-refractivity contribution is 5.94. The van der Waals surface area contributed by atoms with Gasteiger partial charge >= 0.3 is 0 Å². The van der Waals surface area contributed by atoms with E-state index >= 15 is 0 Å². The summed E-state index contributed by atoms with van der Waals surface area (Å²) < 4.78 is 5.21. The Morgan fingerprint density at radius 1 is 1.09 bits per heavy atom. The molecule has 0 unspecified atom stereocenters. The van der Waals surface area contributed by atoms with Gasteiger partial charge in [-0.05, 0) is 51.2 Å². The maximum atomic E-state index is 12.6. The molecule has 2 saturated heterocycles. The highest BCUT2D eigenvalue weighted by atomic mass is 16.5. The number of methoxy groups -OCH3 is 1. The van der Waals surface area contributed by atoms with Crippen LogP contribution in [0.15, 0.2) is 24.3 Å². The van der Waals surface area contributed by atoms with Crippen molar-refractivity contribution >= 4 is 5.91 Å². The molecular weight excluding hydrogens is 290 g/mol. The predicted octanol–water partition coefficient (Wildman–Crippen LogP) is 1.55. The van der Waals surface area contributed by atoms with Gasteiger partial charge < -0.3 is 14.5 Å². The second-order valence-corrected chi connectivity index (χ2v) is 6.59. The van der Waals surface area contributed by atoms with Crippen LogP contribution in [0.2, 0.25) is 0 Å². The molecule has 1 aromatic rings. The first-order valence-corrected chi connectivity index (χ1v) is 8.53. The summed E-state index contributed by atoms with van der Waals surface area (Å²) in [6, 6.07) is 8.13. The van der Waals surface area contributed by atoms with E-state index in [1.807, 2.05) is 29.2 Å². The van der Waals surface area contributed by atoms with Gasteiger partial charge in [0, 0.05) is 37.8 Å². The van der Waals surface area contributed by atoms with Crippen LogP contribution in [0, 0.1) is 0 Å². The van der Waals surface area contributed by atoms with Crippen molar-refractivity contribution in [2.75, 3.05) is 53.4 Å². The molecule has 5 nitrogen and oxygen atoms in total. The van der Waals surface area contributed by atoms with Gasteiger partial charge in [-0.15, -0.1) is 0 Å². The summed E-state index contributed by atoms with van der Waals surface area (Å²) in [5.41, 5.74) is 0.720. The van der Waals surface area contributed by atoms with Crippen molar-refractivity contribution in [3.63, 3.8) is 0 Å². The summed E-state index contributed by atoms with van der Waals surface area (Å²) in [5, 5.41) is 0. The molecule has 0 N–H and O–H groups in total. The molecule has 3 rings (SSSR count). The molecule has 0 radical (unpaired) electrons. The summed E-state index contributed by atoms with van der Waals surface area (Å²) in [7, 11) is 3.82. The van der Waals surface area contributed by atoms with Crippen molar-refractivity contribution < 1.29 is 9.53 Å². The van der Waals surface area contributed by atoms with E-state index in [0.29, 0.717) is 6.04 Å². The van der Waals surface area contributed by atoms with Gasteiger partial charge in [-0.1, -0.05) is 6.07 Å². The van der Waals surface area contributed by atoms with Gasteiger partial charge in [0.2, 0.25) is 0 Å². The van der Waals surface area contributed by atoms with Gasteiger partial charge in [-0.3, -0.25) is 9.69 Å². The van der Waals surface area contributed by atoms with Crippen molar-refractivity contribution in [3.8, 4) is 5.75 Å². The number of benzene rings is 1. The number of likely N-dealkylation sites (tertiary alicyclic amines) is 1. The number of piperidine rings is 1. The number of rotatable bonds is 3. The SMILES string of the molecule is COc1cccc(C(=O)N2CCN(C3CCN(C)CC3)CC2)c1. The molecule has 2 aliphatic rings. The second-order valence-electron chi connectivity index (χ2n) is 6.59. The molecule has 0 saturated carbocycles. The summed E-state index contributed by atoms with van der Waals surface area (Å²) in [6.45, 7) is 6.00. The lowest BCUT2D eigenvalue weighted by Gasteiger charge is -2.42. The zero-order valence-corrected chi connectivity index (χ0v) is 14.2. The van der Waals surface area contributed by atoms with E-state index in [0.717, 1.165) is 37.5 Å². The quantitative estimate of drug-likeness (QED) is 0.847. The standard InChI is InChI=1S/C18H27N3O2/c1-19-8-6-16(7-9-19)20-10-12-21(13-11-20)18(22)15-4-3-5-17(14-15)23-2/h3-5,14,16H,6-13H2,1-2H3. The fourth-order valence-electron chi connectivity index (χ4n) is 3.59. The Bertz CT molecular complexity index is 533. The molecule has 2 heterocycles. The molecule has 1 aromatic carbocycles. The molecule has 23 heavy (non-hydrogen) atoms. The van der Waals surface area contributed by atoms with Crippen LogP contribution < -0.4 is 4.74 Å². The van der Waals surface area contributed by atoms with Crippen LogP contribution in [0.25, 0.3) is 0 Å². The van der Waals surface area contributed by atoms with Crippen molar-refractivity contribution in [1.29, 1.82) is 0 Å². The first-order chi connectivity index (χ1) is 11.2. The van der Waals surface area contributed by atoms with Crippen molar-refractivity contribution in [1.82, 2.24) is 14.7 Å². The number of nitrogens with zero attached hydrogens (tertiary/aromatic N) is 3. The Morgan fingerprint density at radius 2 is 1.78 bits per heavy atom. The Hall–Kier alpha value is -1.59. The van der Waals surface area contributed by atoms with E-state index in [-0.39, 0.29) is 5.91 Å². The summed E-state index contributed by atoms with van der Waals surface area (Å²) in [6.07, 6.45) is 2.50. The lowest BCUT2D eigenvalue weighted by molar-refractivity contribution is 0.0475. The fraction of sp³-hybridized carbons (Fsp3) is 0.611. The smallest absolute Gasteiger partial charge is 0.254 e. The second kappa shape index (κ2) is 7.32. The minimum absolute atomic E-state index is 0.118. The molecule has 0 bridgehead atoms. The lowest BCUT2D eigenvalue weighted by Crippen LogP contribution is -2.54. The van der Waals surface area contributed by atoms with E-state index in [4.69, 9.17) is 4.74 Å². The zero-order chi connectivity index (χ0) is 16.2. The maximum absolute atomic E-state index is 12.6. The van der Waals surface area contributed by atoms with Crippen molar-refractivity contribution in [2.45, 2.75) is 18.9 Å². The molecule has 0 atom stereocenters. The zero-order valence-electron chi connectivity index (χ0n) is 14.2. The van der Waals surface area contributed by atoms with Crippen LogP contribution in [-0.2, 0) is 0 Å². The monoisotopic (exact) mass is 317 g/mol. The Labute approximate surface area is 138 Å². The number of carbonyl (C=O) groups is 1. The van der Waals surface area contributed by atoms with Crippen LogP contribution in [0.1, 0.15) is 23.2 Å². The molecule has 126 valence electrons. The Kier molecular flexibility index (Phi) is 5.18.